The molecule has 0 saturated heterocycles. The highest BCUT2D eigenvalue weighted by atomic mass is 16.6. The highest BCUT2D eigenvalue weighted by Crippen LogP contribution is 2.73. The van der Waals surface area contributed by atoms with E-state index in [0.29, 0.717) is 11.3 Å². The molecule has 3 aliphatic carbocycles. The molecule has 0 aliphatic heterocycles. The molecule has 25 heavy (non-hydrogen) atoms. The van der Waals surface area contributed by atoms with Crippen molar-refractivity contribution in [2.24, 2.45) is 40.4 Å². The molecule has 3 saturated carbocycles. The molecule has 7 unspecified atom stereocenters. The van der Waals surface area contributed by atoms with Gasteiger partial charge in [0.25, 0.3) is 0 Å². The van der Waals surface area contributed by atoms with Gasteiger partial charge in [0, 0.05) is 5.92 Å². The first-order chi connectivity index (χ1) is 11.5. The predicted molar refractivity (Wildman–Crippen MR) is 95.9 cm³/mol. The van der Waals surface area contributed by atoms with Gasteiger partial charge in [0.2, 0.25) is 0 Å². The molecule has 4 heteroatoms. The van der Waals surface area contributed by atoms with E-state index in [9.17, 15) is 14.7 Å². The van der Waals surface area contributed by atoms with E-state index in [1.807, 2.05) is 0 Å². The minimum absolute atomic E-state index is 0.165. The van der Waals surface area contributed by atoms with Crippen LogP contribution in [0.25, 0.3) is 0 Å². The molecule has 0 amide bonds. The minimum Gasteiger partial charge on any atom is -0.481 e. The quantitative estimate of drug-likeness (QED) is 0.757. The SMILES string of the molecule is CC(C(=O)O)C(C)C(=O)OC1(C)CCC23CC1C(C)(C)C2CCC3C. The third kappa shape index (κ3) is 2.54. The largest absolute Gasteiger partial charge is 0.481 e. The van der Waals surface area contributed by atoms with Crippen molar-refractivity contribution in [2.75, 3.05) is 0 Å². The molecule has 2 bridgehead atoms. The zero-order chi connectivity index (χ0) is 18.8. The molecular formula is C21H34O4. The zero-order valence-corrected chi connectivity index (χ0v) is 16.6. The van der Waals surface area contributed by atoms with Crippen molar-refractivity contribution in [3.05, 3.63) is 0 Å². The van der Waals surface area contributed by atoms with Crippen molar-refractivity contribution in [3.63, 3.8) is 0 Å². The van der Waals surface area contributed by atoms with Gasteiger partial charge >= 0.3 is 11.9 Å². The Morgan fingerprint density at radius 1 is 1.04 bits per heavy atom. The second kappa shape index (κ2) is 5.72. The van der Waals surface area contributed by atoms with Crippen molar-refractivity contribution in [2.45, 2.75) is 79.2 Å². The molecule has 7 atom stereocenters. The Morgan fingerprint density at radius 2 is 1.68 bits per heavy atom. The molecule has 0 radical (unpaired) electrons. The average molecular weight is 350 g/mol. The fourth-order valence-corrected chi connectivity index (χ4v) is 6.72. The van der Waals surface area contributed by atoms with Gasteiger partial charge in [-0.25, -0.2) is 0 Å². The number of carbonyl (C=O) groups is 2. The smallest absolute Gasteiger partial charge is 0.310 e. The first-order valence-corrected chi connectivity index (χ1v) is 9.91. The van der Waals surface area contributed by atoms with Crippen LogP contribution in [0.5, 0.6) is 0 Å². The second-order valence-electron chi connectivity index (χ2n) is 9.99. The Morgan fingerprint density at radius 3 is 2.28 bits per heavy atom. The van der Waals surface area contributed by atoms with E-state index >= 15 is 0 Å². The van der Waals surface area contributed by atoms with E-state index in [0.717, 1.165) is 31.1 Å². The number of aliphatic carboxylic acids is 1. The number of carboxylic acid groups (broad SMARTS) is 1. The monoisotopic (exact) mass is 350 g/mol. The second-order valence-corrected chi connectivity index (χ2v) is 9.99. The van der Waals surface area contributed by atoms with Crippen LogP contribution >= 0.6 is 0 Å². The summed E-state index contributed by atoms with van der Waals surface area (Å²) in [5.41, 5.74) is 0.125. The van der Waals surface area contributed by atoms with Crippen LogP contribution < -0.4 is 0 Å². The van der Waals surface area contributed by atoms with Crippen molar-refractivity contribution in [1.82, 2.24) is 0 Å². The number of fused-ring (bicyclic) bond motifs is 1. The van der Waals surface area contributed by atoms with Crippen LogP contribution in [0.2, 0.25) is 0 Å². The Labute approximate surface area is 151 Å². The topological polar surface area (TPSA) is 63.6 Å². The summed E-state index contributed by atoms with van der Waals surface area (Å²) in [6, 6.07) is 0. The van der Waals surface area contributed by atoms with E-state index in [1.165, 1.54) is 12.8 Å². The fraction of sp³-hybridized carbons (Fsp3) is 0.905. The Hall–Kier alpha value is -1.06. The Bertz CT molecular complexity index is 582. The van der Waals surface area contributed by atoms with Crippen LogP contribution in [0.15, 0.2) is 0 Å². The van der Waals surface area contributed by atoms with Crippen molar-refractivity contribution in [1.29, 1.82) is 0 Å². The molecule has 0 aromatic rings. The number of rotatable bonds is 4. The molecule has 1 spiro atoms. The number of carbonyl (C=O) groups excluding carboxylic acids is 1. The first kappa shape index (κ1) is 18.7. The van der Waals surface area contributed by atoms with Gasteiger partial charge in [-0.15, -0.1) is 0 Å². The summed E-state index contributed by atoms with van der Waals surface area (Å²) in [6.45, 7) is 12.5. The van der Waals surface area contributed by atoms with Gasteiger partial charge in [-0.05, 0) is 61.7 Å². The number of esters is 1. The number of carboxylic acids is 1. The fourth-order valence-electron chi connectivity index (χ4n) is 6.72. The van der Waals surface area contributed by atoms with E-state index in [-0.39, 0.29) is 11.4 Å². The minimum atomic E-state index is -0.943. The molecule has 142 valence electrons. The lowest BCUT2D eigenvalue weighted by atomic mass is 9.64. The van der Waals surface area contributed by atoms with Crippen LogP contribution in [0, 0.1) is 40.4 Å². The van der Waals surface area contributed by atoms with Gasteiger partial charge in [-0.1, -0.05) is 34.6 Å². The van der Waals surface area contributed by atoms with Crippen LogP contribution in [0.1, 0.15) is 73.6 Å². The van der Waals surface area contributed by atoms with E-state index in [1.54, 1.807) is 13.8 Å². The molecule has 0 aromatic heterocycles. The third-order valence-corrected chi connectivity index (χ3v) is 8.61. The average Bonchev–Trinajstić information content (AvgIpc) is 2.95. The molecule has 3 rings (SSSR count). The van der Waals surface area contributed by atoms with Crippen LogP contribution in [-0.2, 0) is 14.3 Å². The van der Waals surface area contributed by atoms with Crippen molar-refractivity contribution < 1.29 is 19.4 Å². The molecule has 0 aromatic carbocycles. The highest BCUT2D eigenvalue weighted by Gasteiger charge is 2.69. The van der Waals surface area contributed by atoms with Crippen LogP contribution in [0.3, 0.4) is 0 Å². The summed E-state index contributed by atoms with van der Waals surface area (Å²) < 4.78 is 6.07. The maximum atomic E-state index is 12.7. The van der Waals surface area contributed by atoms with Crippen molar-refractivity contribution >= 4 is 11.9 Å². The first-order valence-electron chi connectivity index (χ1n) is 9.91. The maximum absolute atomic E-state index is 12.7. The molecule has 0 heterocycles. The molecule has 4 nitrogen and oxygen atoms in total. The van der Waals surface area contributed by atoms with Crippen LogP contribution in [-0.4, -0.2) is 22.6 Å². The van der Waals surface area contributed by atoms with E-state index in [4.69, 9.17) is 4.74 Å². The van der Waals surface area contributed by atoms with E-state index < -0.39 is 23.4 Å². The molecule has 1 N–H and O–H groups in total. The normalized spacial score (nSPS) is 44.0. The standard InChI is InChI=1S/C21H34O4/c1-12-7-8-15-19(4,5)16-11-21(12,15)10-9-20(16,6)25-18(24)14(3)13(2)17(22)23/h12-16H,7-11H2,1-6H3,(H,22,23). The summed E-state index contributed by atoms with van der Waals surface area (Å²) >= 11 is 0. The molecule has 3 aliphatic rings. The summed E-state index contributed by atoms with van der Waals surface area (Å²) in [5, 5.41) is 9.19. The summed E-state index contributed by atoms with van der Waals surface area (Å²) in [6.07, 6.45) is 5.80. The number of hydrogen-bond acceptors (Lipinski definition) is 3. The number of ether oxygens (including phenoxy) is 1. The number of hydrogen-bond donors (Lipinski definition) is 1. The molecular weight excluding hydrogens is 316 g/mol. The van der Waals surface area contributed by atoms with Gasteiger partial charge in [-0.3, -0.25) is 9.59 Å². The highest BCUT2D eigenvalue weighted by molar-refractivity contribution is 5.80. The maximum Gasteiger partial charge on any atom is 0.310 e. The Balaban J connectivity index is 1.82. The van der Waals surface area contributed by atoms with E-state index in [2.05, 4.69) is 27.7 Å². The lowest BCUT2D eigenvalue weighted by molar-refractivity contribution is -0.181. The Kier molecular flexibility index (Phi) is 4.28. The van der Waals surface area contributed by atoms with Gasteiger partial charge < -0.3 is 9.84 Å². The predicted octanol–water partition coefficient (Wildman–Crippen LogP) is 4.52. The van der Waals surface area contributed by atoms with Crippen molar-refractivity contribution in [3.8, 4) is 0 Å². The van der Waals surface area contributed by atoms with Gasteiger partial charge in [0.1, 0.15) is 5.60 Å². The summed E-state index contributed by atoms with van der Waals surface area (Å²) in [4.78, 5) is 23.9. The van der Waals surface area contributed by atoms with Gasteiger partial charge in [0.05, 0.1) is 11.8 Å². The summed E-state index contributed by atoms with van der Waals surface area (Å²) in [7, 11) is 0. The lowest BCUT2D eigenvalue weighted by Crippen LogP contribution is -2.48. The lowest BCUT2D eigenvalue weighted by Gasteiger charge is -2.47. The van der Waals surface area contributed by atoms with Gasteiger partial charge in [-0.2, -0.15) is 0 Å². The third-order valence-electron chi connectivity index (χ3n) is 8.61. The summed E-state index contributed by atoms with van der Waals surface area (Å²) in [5.74, 6) is -0.798. The molecule has 3 fully saturated rings. The van der Waals surface area contributed by atoms with Gasteiger partial charge in [0.15, 0.2) is 0 Å². The van der Waals surface area contributed by atoms with Crippen LogP contribution in [0.4, 0.5) is 0 Å². The zero-order valence-electron chi connectivity index (χ0n) is 16.6.